The molecule has 1 aromatic carbocycles. The van der Waals surface area contributed by atoms with E-state index in [1.807, 2.05) is 24.3 Å². The summed E-state index contributed by atoms with van der Waals surface area (Å²) in [5, 5.41) is 5.99. The first-order valence-electron chi connectivity index (χ1n) is 9.83. The van der Waals surface area contributed by atoms with E-state index in [4.69, 9.17) is 0 Å². The Labute approximate surface area is 158 Å². The zero-order valence-electron chi connectivity index (χ0n) is 16.9. The highest BCUT2D eigenvalue weighted by Crippen LogP contribution is 2.25. The molecule has 1 fully saturated rings. The second-order valence-corrected chi connectivity index (χ2v) is 9.07. The van der Waals surface area contributed by atoms with Gasteiger partial charge in [-0.15, -0.1) is 0 Å². The van der Waals surface area contributed by atoms with Crippen LogP contribution in [0.3, 0.4) is 0 Å². The molecule has 2 rings (SSSR count). The maximum Gasteiger partial charge on any atom is 0.239 e. The fourth-order valence-electron chi connectivity index (χ4n) is 3.23. The maximum atomic E-state index is 12.7. The first-order valence-corrected chi connectivity index (χ1v) is 9.83. The largest absolute Gasteiger partial charge is 0.352 e. The van der Waals surface area contributed by atoms with Crippen molar-refractivity contribution in [2.24, 2.45) is 5.41 Å². The van der Waals surface area contributed by atoms with E-state index in [1.54, 1.807) is 13.8 Å². The van der Waals surface area contributed by atoms with Gasteiger partial charge in [0, 0.05) is 11.7 Å². The molecule has 1 saturated carbocycles. The quantitative estimate of drug-likeness (QED) is 0.601. The molecular formula is C22H34N2O2. The Morgan fingerprint density at radius 1 is 0.846 bits per heavy atom. The van der Waals surface area contributed by atoms with Gasteiger partial charge in [0.25, 0.3) is 0 Å². The molecule has 0 bridgehead atoms. The summed E-state index contributed by atoms with van der Waals surface area (Å²) in [6.07, 6.45) is 6.80. The van der Waals surface area contributed by atoms with Gasteiger partial charge in [-0.05, 0) is 49.8 Å². The van der Waals surface area contributed by atoms with Crippen molar-refractivity contribution >= 4 is 17.5 Å². The van der Waals surface area contributed by atoms with Gasteiger partial charge < -0.3 is 10.6 Å². The number of amides is 2. The van der Waals surface area contributed by atoms with Crippen molar-refractivity contribution < 1.29 is 9.59 Å². The van der Waals surface area contributed by atoms with E-state index in [2.05, 4.69) is 31.4 Å². The lowest BCUT2D eigenvalue weighted by Crippen LogP contribution is -2.48. The van der Waals surface area contributed by atoms with Crippen molar-refractivity contribution in [1.29, 1.82) is 0 Å². The number of carbonyl (C=O) groups is 2. The summed E-state index contributed by atoms with van der Waals surface area (Å²) in [4.78, 5) is 25.4. The molecule has 0 radical (unpaired) electrons. The normalized spacial score (nSPS) is 16.7. The summed E-state index contributed by atoms with van der Waals surface area (Å²) >= 11 is 0. The van der Waals surface area contributed by atoms with E-state index in [9.17, 15) is 9.59 Å². The van der Waals surface area contributed by atoms with Gasteiger partial charge in [-0.3, -0.25) is 9.59 Å². The highest BCUT2D eigenvalue weighted by Gasteiger charge is 2.37. The van der Waals surface area contributed by atoms with E-state index < -0.39 is 5.41 Å². The van der Waals surface area contributed by atoms with Crippen LogP contribution < -0.4 is 10.6 Å². The molecule has 0 aromatic heterocycles. The lowest BCUT2D eigenvalue weighted by molar-refractivity contribution is -0.138. The fraction of sp³-hybridized carbons (Fsp3) is 0.636. The summed E-state index contributed by atoms with van der Waals surface area (Å²) in [6, 6.07) is 8.04. The van der Waals surface area contributed by atoms with E-state index in [0.717, 1.165) is 31.4 Å². The monoisotopic (exact) mass is 358 g/mol. The number of anilines is 1. The van der Waals surface area contributed by atoms with Crippen molar-refractivity contribution in [1.82, 2.24) is 5.32 Å². The van der Waals surface area contributed by atoms with E-state index >= 15 is 0 Å². The average molecular weight is 359 g/mol. The van der Waals surface area contributed by atoms with Crippen LogP contribution >= 0.6 is 0 Å². The molecule has 4 nitrogen and oxygen atoms in total. The highest BCUT2D eigenvalue weighted by molar-refractivity contribution is 6.09. The SMILES string of the molecule is CC(C)(C(=O)Nc1ccc(C(C)(C)C)cc1)C(=O)NC1CCCCCC1. The molecule has 0 aliphatic heterocycles. The van der Waals surface area contributed by atoms with Gasteiger partial charge in [-0.25, -0.2) is 0 Å². The molecule has 0 saturated heterocycles. The molecule has 1 aromatic rings. The maximum absolute atomic E-state index is 12.7. The minimum Gasteiger partial charge on any atom is -0.352 e. The highest BCUT2D eigenvalue weighted by atomic mass is 16.2. The van der Waals surface area contributed by atoms with Gasteiger partial charge in [0.2, 0.25) is 11.8 Å². The van der Waals surface area contributed by atoms with Gasteiger partial charge in [0.15, 0.2) is 0 Å². The van der Waals surface area contributed by atoms with Crippen LogP contribution in [-0.4, -0.2) is 17.9 Å². The molecule has 0 atom stereocenters. The minimum atomic E-state index is -1.10. The van der Waals surface area contributed by atoms with E-state index in [1.165, 1.54) is 18.4 Å². The summed E-state index contributed by atoms with van der Waals surface area (Å²) < 4.78 is 0. The third-order valence-corrected chi connectivity index (χ3v) is 5.33. The van der Waals surface area contributed by atoms with Crippen molar-refractivity contribution in [2.75, 3.05) is 5.32 Å². The standard InChI is InChI=1S/C22H34N2O2/c1-21(2,3)16-12-14-18(15-13-16)24-20(26)22(4,5)19(25)23-17-10-8-6-7-9-11-17/h12-15,17H,6-11H2,1-5H3,(H,23,25)(H,24,26). The predicted molar refractivity (Wildman–Crippen MR) is 107 cm³/mol. The third-order valence-electron chi connectivity index (χ3n) is 5.33. The Bertz CT molecular complexity index is 619. The molecular weight excluding hydrogens is 324 g/mol. The molecule has 2 N–H and O–H groups in total. The molecule has 144 valence electrons. The molecule has 2 amide bonds. The molecule has 1 aliphatic carbocycles. The number of nitrogens with one attached hydrogen (secondary N) is 2. The van der Waals surface area contributed by atoms with Crippen molar-refractivity contribution in [3.8, 4) is 0 Å². The Kier molecular flexibility index (Phi) is 6.48. The van der Waals surface area contributed by atoms with Crippen LogP contribution in [0.4, 0.5) is 5.69 Å². The predicted octanol–water partition coefficient (Wildman–Crippen LogP) is 4.79. The van der Waals surface area contributed by atoms with E-state index in [-0.39, 0.29) is 23.3 Å². The van der Waals surface area contributed by atoms with Gasteiger partial charge >= 0.3 is 0 Å². The zero-order chi connectivity index (χ0) is 19.4. The van der Waals surface area contributed by atoms with Crippen LogP contribution in [0.1, 0.15) is 78.7 Å². The summed E-state index contributed by atoms with van der Waals surface area (Å²) in [5.74, 6) is -0.458. The molecule has 1 aliphatic rings. The Morgan fingerprint density at radius 3 is 1.88 bits per heavy atom. The van der Waals surface area contributed by atoms with Crippen molar-refractivity contribution in [3.63, 3.8) is 0 Å². The second-order valence-electron chi connectivity index (χ2n) is 9.07. The lowest BCUT2D eigenvalue weighted by atomic mass is 9.87. The van der Waals surface area contributed by atoms with Crippen LogP contribution in [0.2, 0.25) is 0 Å². The van der Waals surface area contributed by atoms with Crippen LogP contribution in [0.15, 0.2) is 24.3 Å². The smallest absolute Gasteiger partial charge is 0.239 e. The molecule has 0 heterocycles. The molecule has 26 heavy (non-hydrogen) atoms. The Hall–Kier alpha value is -1.84. The van der Waals surface area contributed by atoms with Gasteiger partial charge in [-0.2, -0.15) is 0 Å². The topological polar surface area (TPSA) is 58.2 Å². The Morgan fingerprint density at radius 2 is 1.38 bits per heavy atom. The van der Waals surface area contributed by atoms with Crippen LogP contribution in [0.5, 0.6) is 0 Å². The van der Waals surface area contributed by atoms with Crippen LogP contribution in [-0.2, 0) is 15.0 Å². The first-order chi connectivity index (χ1) is 12.1. The molecule has 0 spiro atoms. The van der Waals surface area contributed by atoms with Crippen LogP contribution in [0.25, 0.3) is 0 Å². The lowest BCUT2D eigenvalue weighted by Gasteiger charge is -2.26. The zero-order valence-corrected chi connectivity index (χ0v) is 16.9. The summed E-state index contributed by atoms with van der Waals surface area (Å²) in [6.45, 7) is 9.85. The first kappa shape index (κ1) is 20.5. The van der Waals surface area contributed by atoms with Gasteiger partial charge in [0.05, 0.1) is 0 Å². The number of rotatable bonds is 4. The third kappa shape index (κ3) is 5.33. The molecule has 4 heteroatoms. The van der Waals surface area contributed by atoms with Crippen LogP contribution in [0, 0.1) is 5.41 Å². The summed E-state index contributed by atoms with van der Waals surface area (Å²) in [7, 11) is 0. The number of hydrogen-bond acceptors (Lipinski definition) is 2. The number of carbonyl (C=O) groups excluding carboxylic acids is 2. The van der Waals surface area contributed by atoms with E-state index in [0.29, 0.717) is 0 Å². The molecule has 0 unspecified atom stereocenters. The van der Waals surface area contributed by atoms with Crippen molar-refractivity contribution in [2.45, 2.75) is 84.6 Å². The fourth-order valence-corrected chi connectivity index (χ4v) is 3.23. The Balaban J connectivity index is 1.98. The number of benzene rings is 1. The summed E-state index contributed by atoms with van der Waals surface area (Å²) in [5.41, 5.74) is 0.897. The van der Waals surface area contributed by atoms with Gasteiger partial charge in [-0.1, -0.05) is 58.6 Å². The second kappa shape index (κ2) is 8.24. The average Bonchev–Trinajstić information content (AvgIpc) is 2.83. The number of hydrogen-bond donors (Lipinski definition) is 2. The van der Waals surface area contributed by atoms with Crippen molar-refractivity contribution in [3.05, 3.63) is 29.8 Å². The minimum absolute atomic E-state index is 0.0698. The van der Waals surface area contributed by atoms with Gasteiger partial charge in [0.1, 0.15) is 5.41 Å².